The van der Waals surface area contributed by atoms with Crippen molar-refractivity contribution < 1.29 is 9.31 Å². The van der Waals surface area contributed by atoms with Crippen molar-refractivity contribution in [3.8, 4) is 0 Å². The molecule has 0 amide bonds. The number of non-ortho nitro benzene ring substituents is 1. The summed E-state index contributed by atoms with van der Waals surface area (Å²) in [7, 11) is 0. The molecule has 0 atom stereocenters. The molecular weight excluding hydrogens is 259 g/mol. The molecule has 0 aliphatic rings. The smallest absolute Gasteiger partial charge is 0.271 e. The minimum Gasteiger partial charge on any atom is -0.355 e. The Morgan fingerprint density at radius 2 is 2.11 bits per heavy atom. The molecular formula is C12H7ClFN2O2. The van der Waals surface area contributed by atoms with Crippen LogP contribution in [0.15, 0.2) is 36.4 Å². The molecule has 0 aliphatic carbocycles. The molecule has 2 aromatic rings. The van der Waals surface area contributed by atoms with Crippen LogP contribution in [0.1, 0.15) is 0 Å². The van der Waals surface area contributed by atoms with Crippen LogP contribution >= 0.6 is 11.6 Å². The van der Waals surface area contributed by atoms with Crippen molar-refractivity contribution in [1.29, 1.82) is 0 Å². The Morgan fingerprint density at radius 3 is 2.78 bits per heavy atom. The lowest BCUT2D eigenvalue weighted by atomic mass is 10.2. The molecule has 6 heteroatoms. The van der Waals surface area contributed by atoms with E-state index in [0.717, 1.165) is 0 Å². The predicted molar refractivity (Wildman–Crippen MR) is 66.6 cm³/mol. The first kappa shape index (κ1) is 12.3. The molecule has 2 aromatic carbocycles. The fourth-order valence-corrected chi connectivity index (χ4v) is 1.55. The first-order valence-corrected chi connectivity index (χ1v) is 5.32. The number of nitro benzene ring substituents is 1. The standard InChI is InChI=1S/C12H7ClFN2O2/c13-11-7-9(4-5-12(11)14)15-8-2-1-3-10(6-8)16(17)18/h1,3-7,15H. The maximum Gasteiger partial charge on any atom is 0.271 e. The zero-order chi connectivity index (χ0) is 13.1. The van der Waals surface area contributed by atoms with Crippen molar-refractivity contribution in [2.45, 2.75) is 0 Å². The van der Waals surface area contributed by atoms with E-state index in [1.807, 2.05) is 0 Å². The Bertz CT molecular complexity index is 604. The Balaban J connectivity index is 2.25. The fourth-order valence-electron chi connectivity index (χ4n) is 1.37. The lowest BCUT2D eigenvalue weighted by Gasteiger charge is -2.06. The van der Waals surface area contributed by atoms with Gasteiger partial charge >= 0.3 is 0 Å². The third-order valence-electron chi connectivity index (χ3n) is 2.19. The van der Waals surface area contributed by atoms with Crippen molar-refractivity contribution in [3.63, 3.8) is 0 Å². The number of rotatable bonds is 3. The van der Waals surface area contributed by atoms with Crippen LogP contribution < -0.4 is 5.32 Å². The van der Waals surface area contributed by atoms with E-state index in [9.17, 15) is 14.5 Å². The first-order valence-electron chi connectivity index (χ1n) is 4.94. The van der Waals surface area contributed by atoms with Crippen LogP contribution in [-0.2, 0) is 0 Å². The van der Waals surface area contributed by atoms with E-state index in [1.165, 1.54) is 36.4 Å². The second-order valence-electron chi connectivity index (χ2n) is 3.47. The van der Waals surface area contributed by atoms with Gasteiger partial charge in [0.1, 0.15) is 5.82 Å². The van der Waals surface area contributed by atoms with Gasteiger partial charge in [0.15, 0.2) is 0 Å². The zero-order valence-electron chi connectivity index (χ0n) is 8.98. The second-order valence-corrected chi connectivity index (χ2v) is 3.88. The van der Waals surface area contributed by atoms with E-state index in [-0.39, 0.29) is 10.7 Å². The molecule has 0 saturated carbocycles. The van der Waals surface area contributed by atoms with E-state index in [1.54, 1.807) is 0 Å². The lowest BCUT2D eigenvalue weighted by molar-refractivity contribution is -0.384. The van der Waals surface area contributed by atoms with Gasteiger partial charge in [-0.2, -0.15) is 0 Å². The van der Waals surface area contributed by atoms with Crippen LogP contribution in [-0.4, -0.2) is 4.92 Å². The van der Waals surface area contributed by atoms with Crippen LogP contribution in [0.5, 0.6) is 0 Å². The molecule has 4 nitrogen and oxygen atoms in total. The zero-order valence-corrected chi connectivity index (χ0v) is 9.74. The minimum absolute atomic E-state index is 0.0227. The summed E-state index contributed by atoms with van der Waals surface area (Å²) in [6.45, 7) is 0. The summed E-state index contributed by atoms with van der Waals surface area (Å²) in [5.74, 6) is -0.523. The van der Waals surface area contributed by atoms with Crippen molar-refractivity contribution in [2.75, 3.05) is 5.32 Å². The van der Waals surface area contributed by atoms with Gasteiger partial charge in [-0.3, -0.25) is 10.1 Å². The topological polar surface area (TPSA) is 55.2 Å². The Kier molecular flexibility index (Phi) is 3.43. The third kappa shape index (κ3) is 2.75. The summed E-state index contributed by atoms with van der Waals surface area (Å²) in [6, 6.07) is 11.0. The number of nitrogens with zero attached hydrogens (tertiary/aromatic N) is 1. The molecule has 1 radical (unpaired) electrons. The average molecular weight is 266 g/mol. The van der Waals surface area contributed by atoms with Crippen molar-refractivity contribution in [2.24, 2.45) is 0 Å². The van der Waals surface area contributed by atoms with E-state index < -0.39 is 10.7 Å². The normalized spacial score (nSPS) is 10.1. The summed E-state index contributed by atoms with van der Waals surface area (Å²) < 4.78 is 13.0. The quantitative estimate of drug-likeness (QED) is 0.676. The van der Waals surface area contributed by atoms with Crippen molar-refractivity contribution in [1.82, 2.24) is 0 Å². The van der Waals surface area contributed by atoms with E-state index >= 15 is 0 Å². The molecule has 18 heavy (non-hydrogen) atoms. The van der Waals surface area contributed by atoms with Gasteiger partial charge in [0, 0.05) is 23.9 Å². The van der Waals surface area contributed by atoms with Gasteiger partial charge in [-0.1, -0.05) is 11.6 Å². The van der Waals surface area contributed by atoms with Gasteiger partial charge in [0.2, 0.25) is 0 Å². The highest BCUT2D eigenvalue weighted by molar-refractivity contribution is 6.31. The van der Waals surface area contributed by atoms with Crippen LogP contribution in [0.4, 0.5) is 21.5 Å². The van der Waals surface area contributed by atoms with E-state index in [0.29, 0.717) is 11.4 Å². The number of hydrogen-bond acceptors (Lipinski definition) is 3. The molecule has 1 N–H and O–H groups in total. The molecule has 0 aliphatic heterocycles. The third-order valence-corrected chi connectivity index (χ3v) is 2.48. The Hall–Kier alpha value is -2.14. The molecule has 0 bridgehead atoms. The van der Waals surface area contributed by atoms with Crippen molar-refractivity contribution in [3.05, 3.63) is 63.4 Å². The Morgan fingerprint density at radius 1 is 1.33 bits per heavy atom. The molecule has 2 rings (SSSR count). The molecule has 0 spiro atoms. The van der Waals surface area contributed by atoms with Gasteiger partial charge in [-0.05, 0) is 24.3 Å². The lowest BCUT2D eigenvalue weighted by Crippen LogP contribution is -1.93. The number of nitro groups is 1. The minimum atomic E-state index is -0.523. The summed E-state index contributed by atoms with van der Waals surface area (Å²) in [5, 5.41) is 13.4. The van der Waals surface area contributed by atoms with Crippen LogP contribution in [0.3, 0.4) is 0 Å². The van der Waals surface area contributed by atoms with Crippen LogP contribution in [0.2, 0.25) is 5.02 Å². The SMILES string of the molecule is O=[N+]([O-])c1cc[c]c(Nc2ccc(F)c(Cl)c2)c1. The highest BCUT2D eigenvalue weighted by Crippen LogP contribution is 2.24. The van der Waals surface area contributed by atoms with Gasteiger partial charge in [0.05, 0.1) is 15.6 Å². The number of anilines is 2. The summed E-state index contributed by atoms with van der Waals surface area (Å²) in [4.78, 5) is 10.1. The molecule has 0 heterocycles. The summed E-state index contributed by atoms with van der Waals surface area (Å²) >= 11 is 5.63. The van der Waals surface area contributed by atoms with Gasteiger partial charge in [0.25, 0.3) is 5.69 Å². The molecule has 91 valence electrons. The summed E-state index contributed by atoms with van der Waals surface area (Å²) in [6.07, 6.45) is 0. The Labute approximate surface area is 107 Å². The second kappa shape index (κ2) is 5.01. The molecule has 0 aromatic heterocycles. The number of hydrogen-bond donors (Lipinski definition) is 1. The van der Waals surface area contributed by atoms with Crippen LogP contribution in [0, 0.1) is 22.0 Å². The highest BCUT2D eigenvalue weighted by atomic mass is 35.5. The maximum atomic E-state index is 13.0. The predicted octanol–water partition coefficient (Wildman–Crippen LogP) is 3.93. The number of nitrogens with one attached hydrogen (secondary N) is 1. The van der Waals surface area contributed by atoms with E-state index in [4.69, 9.17) is 11.6 Å². The number of benzene rings is 2. The first-order chi connectivity index (χ1) is 8.56. The van der Waals surface area contributed by atoms with Gasteiger partial charge < -0.3 is 5.32 Å². The maximum absolute atomic E-state index is 13.0. The van der Waals surface area contributed by atoms with Gasteiger partial charge in [-0.25, -0.2) is 4.39 Å². The fraction of sp³-hybridized carbons (Fsp3) is 0. The van der Waals surface area contributed by atoms with Crippen molar-refractivity contribution >= 4 is 28.7 Å². The van der Waals surface area contributed by atoms with Crippen LogP contribution in [0.25, 0.3) is 0 Å². The number of halogens is 2. The molecule has 0 fully saturated rings. The summed E-state index contributed by atoms with van der Waals surface area (Å²) in [5.41, 5.74) is 0.884. The van der Waals surface area contributed by atoms with E-state index in [2.05, 4.69) is 11.4 Å². The highest BCUT2D eigenvalue weighted by Gasteiger charge is 2.06. The average Bonchev–Trinajstić information content (AvgIpc) is 2.34. The van der Waals surface area contributed by atoms with Gasteiger partial charge in [-0.15, -0.1) is 0 Å². The largest absolute Gasteiger partial charge is 0.355 e. The molecule has 0 unspecified atom stereocenters. The monoisotopic (exact) mass is 265 g/mol. The molecule has 0 saturated heterocycles.